The molecule has 1 unspecified atom stereocenters. The summed E-state index contributed by atoms with van der Waals surface area (Å²) in [6.07, 6.45) is 1.81. The Balaban J connectivity index is 2.17. The minimum atomic E-state index is 0.371. The second-order valence-corrected chi connectivity index (χ2v) is 2.56. The third-order valence-corrected chi connectivity index (χ3v) is 1.74. The zero-order chi connectivity index (χ0) is 7.40. The fourth-order valence-electron chi connectivity index (χ4n) is 1.09. The van der Waals surface area contributed by atoms with Gasteiger partial charge in [0.2, 0.25) is 0 Å². The fourth-order valence-corrected chi connectivity index (χ4v) is 1.09. The zero-order valence-electron chi connectivity index (χ0n) is 6.22. The van der Waals surface area contributed by atoms with E-state index in [2.05, 4.69) is 0 Å². The Labute approximate surface area is 60.8 Å². The van der Waals surface area contributed by atoms with Crippen molar-refractivity contribution in [2.45, 2.75) is 12.8 Å². The molecule has 0 spiro atoms. The molecule has 1 heterocycles. The van der Waals surface area contributed by atoms with Crippen LogP contribution >= 0.6 is 0 Å². The van der Waals surface area contributed by atoms with Gasteiger partial charge in [-0.15, -0.1) is 0 Å². The highest BCUT2D eigenvalue weighted by atomic mass is 16.5. The average molecular weight is 143 g/mol. The average Bonchev–Trinajstić information content (AvgIpc) is 2.40. The van der Waals surface area contributed by atoms with Crippen molar-refractivity contribution in [1.29, 1.82) is 5.41 Å². The molecule has 0 aliphatic carbocycles. The molecule has 58 valence electrons. The van der Waals surface area contributed by atoms with Crippen LogP contribution in [-0.4, -0.2) is 26.2 Å². The van der Waals surface area contributed by atoms with E-state index in [9.17, 15) is 0 Å². The predicted octanol–water partition coefficient (Wildman–Crippen LogP) is 1.04. The van der Waals surface area contributed by atoms with Gasteiger partial charge in [0.15, 0.2) is 5.90 Å². The van der Waals surface area contributed by atoms with Gasteiger partial charge in [-0.2, -0.15) is 0 Å². The van der Waals surface area contributed by atoms with Crippen LogP contribution in [0.1, 0.15) is 12.8 Å². The minimum absolute atomic E-state index is 0.371. The maximum atomic E-state index is 7.22. The molecule has 0 aromatic rings. The van der Waals surface area contributed by atoms with Crippen molar-refractivity contribution in [3.63, 3.8) is 0 Å². The number of hydrogen-bond donors (Lipinski definition) is 1. The Morgan fingerprint density at radius 1 is 1.80 bits per heavy atom. The van der Waals surface area contributed by atoms with Gasteiger partial charge in [-0.3, -0.25) is 5.41 Å². The van der Waals surface area contributed by atoms with Gasteiger partial charge >= 0.3 is 0 Å². The van der Waals surface area contributed by atoms with E-state index in [4.69, 9.17) is 14.9 Å². The molecule has 0 aromatic carbocycles. The second kappa shape index (κ2) is 3.56. The molecule has 1 aliphatic rings. The first-order valence-corrected chi connectivity index (χ1v) is 3.52. The first-order valence-electron chi connectivity index (χ1n) is 3.52. The summed E-state index contributed by atoms with van der Waals surface area (Å²) in [5, 5.41) is 7.22. The van der Waals surface area contributed by atoms with Crippen LogP contribution in [0.2, 0.25) is 0 Å². The highest BCUT2D eigenvalue weighted by molar-refractivity contribution is 5.72. The molecule has 0 radical (unpaired) electrons. The second-order valence-electron chi connectivity index (χ2n) is 2.56. The van der Waals surface area contributed by atoms with E-state index in [0.29, 0.717) is 11.8 Å². The molecule has 0 bridgehead atoms. The van der Waals surface area contributed by atoms with Gasteiger partial charge in [-0.25, -0.2) is 0 Å². The van der Waals surface area contributed by atoms with Crippen LogP contribution in [0.4, 0.5) is 0 Å². The van der Waals surface area contributed by atoms with Crippen molar-refractivity contribution in [2.75, 3.05) is 20.3 Å². The monoisotopic (exact) mass is 143 g/mol. The molecule has 1 atom stereocenters. The van der Waals surface area contributed by atoms with Crippen molar-refractivity contribution >= 4 is 5.90 Å². The molecule has 0 amide bonds. The summed E-state index contributed by atoms with van der Waals surface area (Å²) >= 11 is 0. The lowest BCUT2D eigenvalue weighted by molar-refractivity contribution is 0.185. The topological polar surface area (TPSA) is 42.3 Å². The number of nitrogens with one attached hydrogen (secondary N) is 1. The van der Waals surface area contributed by atoms with Gasteiger partial charge in [0.05, 0.1) is 7.11 Å². The maximum Gasteiger partial charge on any atom is 0.180 e. The van der Waals surface area contributed by atoms with E-state index in [0.717, 1.165) is 26.1 Å². The summed E-state index contributed by atoms with van der Waals surface area (Å²) in [4.78, 5) is 0. The number of hydrogen-bond acceptors (Lipinski definition) is 3. The van der Waals surface area contributed by atoms with Gasteiger partial charge < -0.3 is 9.47 Å². The van der Waals surface area contributed by atoms with Crippen molar-refractivity contribution in [3.8, 4) is 0 Å². The van der Waals surface area contributed by atoms with Gasteiger partial charge in [0.1, 0.15) is 0 Å². The molecule has 1 saturated heterocycles. The first kappa shape index (κ1) is 7.54. The van der Waals surface area contributed by atoms with Gasteiger partial charge in [0, 0.05) is 19.6 Å². The highest BCUT2D eigenvalue weighted by Crippen LogP contribution is 2.16. The number of ether oxygens (including phenoxy) is 2. The third-order valence-electron chi connectivity index (χ3n) is 1.74. The van der Waals surface area contributed by atoms with Crippen LogP contribution in [0, 0.1) is 11.3 Å². The lowest BCUT2D eigenvalue weighted by Crippen LogP contribution is -2.08. The molecule has 3 heteroatoms. The van der Waals surface area contributed by atoms with Crippen LogP contribution in [-0.2, 0) is 9.47 Å². The Morgan fingerprint density at radius 3 is 3.10 bits per heavy atom. The molecule has 1 N–H and O–H groups in total. The third kappa shape index (κ3) is 1.99. The van der Waals surface area contributed by atoms with Crippen LogP contribution in [0.3, 0.4) is 0 Å². The number of methoxy groups -OCH3 is 1. The zero-order valence-corrected chi connectivity index (χ0v) is 6.22. The molecule has 0 saturated carbocycles. The Kier molecular flexibility index (Phi) is 2.68. The van der Waals surface area contributed by atoms with Crippen molar-refractivity contribution in [1.82, 2.24) is 0 Å². The highest BCUT2D eigenvalue weighted by Gasteiger charge is 2.17. The van der Waals surface area contributed by atoms with Crippen LogP contribution < -0.4 is 0 Å². The lowest BCUT2D eigenvalue weighted by Gasteiger charge is -2.06. The van der Waals surface area contributed by atoms with E-state index in [1.54, 1.807) is 0 Å². The summed E-state index contributed by atoms with van der Waals surface area (Å²) in [5.74, 6) is 0.892. The Morgan fingerprint density at radius 2 is 2.60 bits per heavy atom. The van der Waals surface area contributed by atoms with Gasteiger partial charge in [-0.1, -0.05) is 0 Å². The normalized spacial score (nSPS) is 24.7. The maximum absolute atomic E-state index is 7.22. The van der Waals surface area contributed by atoms with E-state index in [-0.39, 0.29) is 0 Å². The van der Waals surface area contributed by atoms with Crippen molar-refractivity contribution < 1.29 is 9.47 Å². The summed E-state index contributed by atoms with van der Waals surface area (Å²) in [6.45, 7) is 1.65. The molecule has 10 heavy (non-hydrogen) atoms. The summed E-state index contributed by atoms with van der Waals surface area (Å²) in [6, 6.07) is 0. The summed E-state index contributed by atoms with van der Waals surface area (Å²) in [5.41, 5.74) is 0. The molecule has 1 aliphatic heterocycles. The van der Waals surface area contributed by atoms with Crippen LogP contribution in [0.5, 0.6) is 0 Å². The molecular weight excluding hydrogens is 130 g/mol. The lowest BCUT2D eigenvalue weighted by atomic mass is 10.1. The molecular formula is C7H13NO2. The van der Waals surface area contributed by atoms with Gasteiger partial charge in [0.25, 0.3) is 0 Å². The predicted molar refractivity (Wildman–Crippen MR) is 38.3 cm³/mol. The standard InChI is InChI=1S/C7H13NO2/c1-9-7(8)4-6-2-3-10-5-6/h6,8H,2-5H2,1H3. The van der Waals surface area contributed by atoms with E-state index in [1.807, 2.05) is 0 Å². The van der Waals surface area contributed by atoms with E-state index < -0.39 is 0 Å². The quantitative estimate of drug-likeness (QED) is 0.463. The van der Waals surface area contributed by atoms with Crippen LogP contribution in [0.15, 0.2) is 0 Å². The largest absolute Gasteiger partial charge is 0.484 e. The Hall–Kier alpha value is -0.570. The van der Waals surface area contributed by atoms with Gasteiger partial charge in [-0.05, 0) is 12.3 Å². The summed E-state index contributed by atoms with van der Waals surface area (Å²) < 4.78 is 9.89. The summed E-state index contributed by atoms with van der Waals surface area (Å²) in [7, 11) is 1.54. The molecule has 1 rings (SSSR count). The van der Waals surface area contributed by atoms with Crippen molar-refractivity contribution in [3.05, 3.63) is 0 Å². The molecule has 1 fully saturated rings. The van der Waals surface area contributed by atoms with E-state index in [1.165, 1.54) is 7.11 Å². The molecule has 3 nitrogen and oxygen atoms in total. The smallest absolute Gasteiger partial charge is 0.180 e. The fraction of sp³-hybridized carbons (Fsp3) is 0.857. The van der Waals surface area contributed by atoms with Crippen LogP contribution in [0.25, 0.3) is 0 Å². The number of rotatable bonds is 2. The van der Waals surface area contributed by atoms with E-state index >= 15 is 0 Å². The van der Waals surface area contributed by atoms with Crippen molar-refractivity contribution in [2.24, 2.45) is 5.92 Å². The Bertz CT molecular complexity index is 119. The minimum Gasteiger partial charge on any atom is -0.484 e. The first-order chi connectivity index (χ1) is 4.83. The molecule has 0 aromatic heterocycles. The SMILES string of the molecule is COC(=N)CC1CCOC1.